The Bertz CT molecular complexity index is 270. The number of carbonyl (C=O) groups excluding carboxylic acids is 2. The molecule has 0 saturated carbocycles. The maximum absolute atomic E-state index is 11.5. The summed E-state index contributed by atoms with van der Waals surface area (Å²) in [6.45, 7) is 3.60. The molecule has 1 aliphatic heterocycles. The van der Waals surface area contributed by atoms with Gasteiger partial charge in [-0.3, -0.25) is 9.69 Å². The van der Waals surface area contributed by atoms with Crippen LogP contribution < -0.4 is 0 Å². The Morgan fingerprint density at radius 2 is 2.12 bits per heavy atom. The zero-order chi connectivity index (χ0) is 12.1. The van der Waals surface area contributed by atoms with Gasteiger partial charge in [-0.15, -0.1) is 0 Å². The minimum absolute atomic E-state index is 0.0496. The van der Waals surface area contributed by atoms with Crippen molar-refractivity contribution >= 4 is 11.9 Å². The first-order valence-electron chi connectivity index (χ1n) is 5.28. The van der Waals surface area contributed by atoms with Crippen LogP contribution in [-0.2, 0) is 14.3 Å². The Morgan fingerprint density at radius 3 is 2.62 bits per heavy atom. The molecule has 1 heterocycles. The highest BCUT2D eigenvalue weighted by Crippen LogP contribution is 2.11. The maximum atomic E-state index is 11.5. The number of aliphatic hydroxyl groups excluding tert-OH is 1. The van der Waals surface area contributed by atoms with E-state index >= 15 is 0 Å². The number of hydrogen-bond acceptors (Lipinski definition) is 5. The highest BCUT2D eigenvalue weighted by Gasteiger charge is 2.34. The number of rotatable bonds is 3. The fourth-order valence-electron chi connectivity index (χ4n) is 1.90. The van der Waals surface area contributed by atoms with Crippen LogP contribution in [0.5, 0.6) is 0 Å². The van der Waals surface area contributed by atoms with Crippen LogP contribution in [0.1, 0.15) is 6.92 Å². The van der Waals surface area contributed by atoms with Gasteiger partial charge in [0, 0.05) is 33.1 Å². The molecule has 1 saturated heterocycles. The first-order valence-corrected chi connectivity index (χ1v) is 5.28. The van der Waals surface area contributed by atoms with Crippen LogP contribution in [0.4, 0.5) is 0 Å². The Labute approximate surface area is 94.8 Å². The molecule has 0 aromatic carbocycles. The van der Waals surface area contributed by atoms with Gasteiger partial charge in [0.05, 0.1) is 13.7 Å². The van der Waals surface area contributed by atoms with Gasteiger partial charge >= 0.3 is 5.97 Å². The van der Waals surface area contributed by atoms with Gasteiger partial charge in [-0.25, -0.2) is 4.79 Å². The lowest BCUT2D eigenvalue weighted by atomic mass is 10.1. The molecule has 16 heavy (non-hydrogen) atoms. The van der Waals surface area contributed by atoms with Crippen molar-refractivity contribution in [1.29, 1.82) is 0 Å². The molecule has 6 heteroatoms. The van der Waals surface area contributed by atoms with Crippen LogP contribution >= 0.6 is 0 Å². The van der Waals surface area contributed by atoms with E-state index in [1.807, 2.05) is 4.90 Å². The average molecular weight is 230 g/mol. The predicted molar refractivity (Wildman–Crippen MR) is 56.7 cm³/mol. The monoisotopic (exact) mass is 230 g/mol. The summed E-state index contributed by atoms with van der Waals surface area (Å²) in [6, 6.07) is -0.553. The lowest BCUT2D eigenvalue weighted by Gasteiger charge is -2.39. The Hall–Kier alpha value is -1.14. The molecule has 1 amide bonds. The summed E-state index contributed by atoms with van der Waals surface area (Å²) in [7, 11) is 1.31. The third-order valence-corrected chi connectivity index (χ3v) is 2.76. The summed E-state index contributed by atoms with van der Waals surface area (Å²) in [4.78, 5) is 26.3. The maximum Gasteiger partial charge on any atom is 0.329 e. The van der Waals surface area contributed by atoms with Crippen molar-refractivity contribution in [2.24, 2.45) is 0 Å². The van der Waals surface area contributed by atoms with Crippen LogP contribution in [-0.4, -0.2) is 72.7 Å². The number of amides is 1. The fraction of sp³-hybridized carbons (Fsp3) is 0.800. The normalized spacial score (nSPS) is 21.9. The molecule has 1 fully saturated rings. The molecule has 1 rings (SSSR count). The molecular weight excluding hydrogens is 212 g/mol. The summed E-state index contributed by atoms with van der Waals surface area (Å²) in [5.41, 5.74) is 0. The molecule has 0 unspecified atom stereocenters. The fourth-order valence-corrected chi connectivity index (χ4v) is 1.90. The second-order valence-electron chi connectivity index (χ2n) is 3.78. The third-order valence-electron chi connectivity index (χ3n) is 2.76. The van der Waals surface area contributed by atoms with E-state index in [4.69, 9.17) is 5.11 Å². The van der Waals surface area contributed by atoms with E-state index in [1.165, 1.54) is 18.9 Å². The third kappa shape index (κ3) is 2.93. The summed E-state index contributed by atoms with van der Waals surface area (Å²) < 4.78 is 4.67. The number of ether oxygens (including phenoxy) is 1. The van der Waals surface area contributed by atoms with Crippen LogP contribution in [0.25, 0.3) is 0 Å². The van der Waals surface area contributed by atoms with Crippen LogP contribution in [0.15, 0.2) is 0 Å². The lowest BCUT2D eigenvalue weighted by molar-refractivity contribution is -0.155. The van der Waals surface area contributed by atoms with E-state index in [2.05, 4.69) is 4.74 Å². The van der Waals surface area contributed by atoms with Crippen molar-refractivity contribution < 1.29 is 19.4 Å². The zero-order valence-electron chi connectivity index (χ0n) is 9.68. The summed E-state index contributed by atoms with van der Waals surface area (Å²) in [5.74, 6) is -0.531. The van der Waals surface area contributed by atoms with Gasteiger partial charge in [0.25, 0.3) is 0 Å². The zero-order valence-corrected chi connectivity index (χ0v) is 9.68. The van der Waals surface area contributed by atoms with Gasteiger partial charge < -0.3 is 14.7 Å². The molecular formula is C10H18N2O4. The molecule has 1 N–H and O–H groups in total. The number of hydrogen-bond donors (Lipinski definition) is 1. The van der Waals surface area contributed by atoms with Crippen molar-refractivity contribution in [2.45, 2.75) is 13.0 Å². The minimum atomic E-state index is -0.553. The number of esters is 1. The molecule has 1 atom stereocenters. The van der Waals surface area contributed by atoms with Crippen molar-refractivity contribution in [3.05, 3.63) is 0 Å². The SMILES string of the molecule is COC(=O)[C@H]1CN(CCO)CCN1C(C)=O. The molecule has 92 valence electrons. The van der Waals surface area contributed by atoms with E-state index in [1.54, 1.807) is 0 Å². The first-order chi connectivity index (χ1) is 7.60. The van der Waals surface area contributed by atoms with Crippen LogP contribution in [0.2, 0.25) is 0 Å². The molecule has 0 aromatic rings. The predicted octanol–water partition coefficient (Wildman–Crippen LogP) is -1.32. The van der Waals surface area contributed by atoms with E-state index in [9.17, 15) is 9.59 Å². The van der Waals surface area contributed by atoms with E-state index in [-0.39, 0.29) is 12.5 Å². The summed E-state index contributed by atoms with van der Waals surface area (Å²) >= 11 is 0. The second kappa shape index (κ2) is 5.81. The Kier molecular flexibility index (Phi) is 4.70. The van der Waals surface area contributed by atoms with Crippen molar-refractivity contribution in [3.8, 4) is 0 Å². The number of nitrogens with zero attached hydrogens (tertiary/aromatic N) is 2. The first kappa shape index (κ1) is 12.9. The van der Waals surface area contributed by atoms with Crippen LogP contribution in [0.3, 0.4) is 0 Å². The quantitative estimate of drug-likeness (QED) is 0.609. The largest absolute Gasteiger partial charge is 0.467 e. The standard InChI is InChI=1S/C10H18N2O4/c1-8(14)12-4-3-11(5-6-13)7-9(12)10(15)16-2/h9,13H,3-7H2,1-2H3/t9-/m1/s1. The topological polar surface area (TPSA) is 70.1 Å². The van der Waals surface area contributed by atoms with E-state index < -0.39 is 12.0 Å². The number of β-amino-alcohol motifs (C(OH)–C–C–N with tert-alkyl or cyclic N) is 1. The van der Waals surface area contributed by atoms with Crippen LogP contribution in [0, 0.1) is 0 Å². The van der Waals surface area contributed by atoms with Gasteiger partial charge in [0.2, 0.25) is 5.91 Å². The van der Waals surface area contributed by atoms with Gasteiger partial charge in [0.15, 0.2) is 0 Å². The Morgan fingerprint density at radius 1 is 1.44 bits per heavy atom. The Balaban J connectivity index is 2.69. The van der Waals surface area contributed by atoms with E-state index in [0.717, 1.165) is 0 Å². The minimum Gasteiger partial charge on any atom is -0.467 e. The molecule has 1 aliphatic rings. The molecule has 0 radical (unpaired) electrons. The summed E-state index contributed by atoms with van der Waals surface area (Å²) in [5, 5.41) is 8.84. The molecule has 0 bridgehead atoms. The molecule has 0 spiro atoms. The highest BCUT2D eigenvalue weighted by atomic mass is 16.5. The average Bonchev–Trinajstić information content (AvgIpc) is 2.28. The van der Waals surface area contributed by atoms with Gasteiger partial charge in [-0.2, -0.15) is 0 Å². The number of aliphatic hydroxyl groups is 1. The molecule has 0 aliphatic carbocycles. The second-order valence-corrected chi connectivity index (χ2v) is 3.78. The smallest absolute Gasteiger partial charge is 0.329 e. The molecule has 0 aromatic heterocycles. The number of methoxy groups -OCH3 is 1. The van der Waals surface area contributed by atoms with E-state index in [0.29, 0.717) is 26.2 Å². The lowest BCUT2D eigenvalue weighted by Crippen LogP contribution is -2.58. The number of carbonyl (C=O) groups is 2. The van der Waals surface area contributed by atoms with Gasteiger partial charge in [-0.1, -0.05) is 0 Å². The number of piperazine rings is 1. The van der Waals surface area contributed by atoms with Crippen molar-refractivity contribution in [2.75, 3.05) is 39.9 Å². The van der Waals surface area contributed by atoms with Gasteiger partial charge in [-0.05, 0) is 0 Å². The highest BCUT2D eigenvalue weighted by molar-refractivity contribution is 5.83. The molecule has 6 nitrogen and oxygen atoms in total. The summed E-state index contributed by atoms with van der Waals surface area (Å²) in [6.07, 6.45) is 0. The van der Waals surface area contributed by atoms with Crippen molar-refractivity contribution in [3.63, 3.8) is 0 Å². The van der Waals surface area contributed by atoms with Crippen molar-refractivity contribution in [1.82, 2.24) is 9.80 Å². The van der Waals surface area contributed by atoms with Gasteiger partial charge in [0.1, 0.15) is 6.04 Å².